The fourth-order valence-electron chi connectivity index (χ4n) is 3.81. The highest BCUT2D eigenvalue weighted by Crippen LogP contribution is 2.27. The van der Waals surface area contributed by atoms with Gasteiger partial charge in [-0.2, -0.15) is 0 Å². The van der Waals surface area contributed by atoms with Crippen LogP contribution in [-0.4, -0.2) is 41.5 Å². The lowest BCUT2D eigenvalue weighted by molar-refractivity contribution is 0.0904. The number of nitrogens with zero attached hydrogens (tertiary/aromatic N) is 2. The number of fused-ring (bicyclic) bond motifs is 3. The van der Waals surface area contributed by atoms with Gasteiger partial charge in [0.1, 0.15) is 5.69 Å². The number of pyridine rings is 1. The lowest BCUT2D eigenvalue weighted by Crippen LogP contribution is -2.47. The number of amides is 1. The number of furan rings is 1. The van der Waals surface area contributed by atoms with Crippen molar-refractivity contribution in [2.75, 3.05) is 19.6 Å². The molecule has 2 aromatic heterocycles. The third-order valence-electron chi connectivity index (χ3n) is 4.96. The molecule has 1 N–H and O–H groups in total. The Morgan fingerprint density at radius 3 is 3.23 bits per heavy atom. The summed E-state index contributed by atoms with van der Waals surface area (Å²) in [5.74, 6) is 0.674. The van der Waals surface area contributed by atoms with Crippen LogP contribution in [0.5, 0.6) is 0 Å². The molecule has 4 rings (SSSR count). The van der Waals surface area contributed by atoms with E-state index in [9.17, 15) is 4.79 Å². The average Bonchev–Trinajstić information content (AvgIpc) is 3.09. The topological polar surface area (TPSA) is 58.4 Å². The Morgan fingerprint density at radius 2 is 2.41 bits per heavy atom. The van der Waals surface area contributed by atoms with Crippen molar-refractivity contribution in [3.8, 4) is 0 Å². The third-order valence-corrected chi connectivity index (χ3v) is 4.96. The number of piperidine rings is 1. The second kappa shape index (κ2) is 5.39. The Kier molecular flexibility index (Phi) is 3.37. The molecule has 2 aromatic rings. The van der Waals surface area contributed by atoms with Crippen molar-refractivity contribution in [1.29, 1.82) is 0 Å². The molecule has 2 bridgehead atoms. The van der Waals surface area contributed by atoms with Gasteiger partial charge in [0.05, 0.1) is 12.5 Å². The van der Waals surface area contributed by atoms with Gasteiger partial charge < -0.3 is 14.6 Å². The second-order valence-electron chi connectivity index (χ2n) is 6.50. The van der Waals surface area contributed by atoms with Crippen LogP contribution < -0.4 is 5.32 Å². The molecule has 0 saturated carbocycles. The number of hydrogen-bond acceptors (Lipinski definition) is 4. The van der Waals surface area contributed by atoms with E-state index in [1.807, 2.05) is 6.07 Å². The van der Waals surface area contributed by atoms with Gasteiger partial charge in [0.2, 0.25) is 0 Å². The monoisotopic (exact) mass is 299 g/mol. The van der Waals surface area contributed by atoms with Crippen LogP contribution in [0.15, 0.2) is 22.9 Å². The molecule has 5 nitrogen and oxygen atoms in total. The molecular weight excluding hydrogens is 278 g/mol. The van der Waals surface area contributed by atoms with E-state index in [1.165, 1.54) is 19.5 Å². The number of hydrogen-bond donors (Lipinski definition) is 1. The molecular formula is C17H21N3O2. The van der Waals surface area contributed by atoms with E-state index >= 15 is 0 Å². The highest BCUT2D eigenvalue weighted by Gasteiger charge is 2.33. The van der Waals surface area contributed by atoms with E-state index < -0.39 is 0 Å². The van der Waals surface area contributed by atoms with E-state index in [2.05, 4.69) is 22.1 Å². The Bertz CT molecular complexity index is 697. The summed E-state index contributed by atoms with van der Waals surface area (Å²) in [4.78, 5) is 19.2. The van der Waals surface area contributed by atoms with E-state index in [0.29, 0.717) is 5.69 Å². The lowest BCUT2D eigenvalue weighted by atomic mass is 9.97. The summed E-state index contributed by atoms with van der Waals surface area (Å²) in [6.07, 6.45) is 6.65. The molecule has 0 aliphatic carbocycles. The maximum Gasteiger partial charge on any atom is 0.270 e. The molecule has 116 valence electrons. The first-order chi connectivity index (χ1) is 10.7. The van der Waals surface area contributed by atoms with Gasteiger partial charge in [-0.3, -0.25) is 4.79 Å². The molecule has 0 radical (unpaired) electrons. The van der Waals surface area contributed by atoms with Gasteiger partial charge >= 0.3 is 0 Å². The van der Waals surface area contributed by atoms with Crippen molar-refractivity contribution in [3.63, 3.8) is 0 Å². The minimum absolute atomic E-state index is 0.0716. The zero-order valence-corrected chi connectivity index (χ0v) is 12.8. The van der Waals surface area contributed by atoms with Crippen LogP contribution in [0.25, 0.3) is 11.0 Å². The zero-order chi connectivity index (χ0) is 15.1. The number of aryl methyl sites for hydroxylation is 1. The van der Waals surface area contributed by atoms with Crippen molar-refractivity contribution in [1.82, 2.24) is 15.2 Å². The maximum absolute atomic E-state index is 12.5. The van der Waals surface area contributed by atoms with Crippen LogP contribution in [0.3, 0.4) is 0 Å². The predicted molar refractivity (Wildman–Crippen MR) is 83.8 cm³/mol. The zero-order valence-electron chi connectivity index (χ0n) is 12.8. The first-order valence-corrected chi connectivity index (χ1v) is 8.12. The van der Waals surface area contributed by atoms with E-state index in [1.54, 1.807) is 12.5 Å². The number of rotatable bonds is 3. The smallest absolute Gasteiger partial charge is 0.270 e. The predicted octanol–water partition coefficient (Wildman–Crippen LogP) is 2.21. The normalized spacial score (nSPS) is 27.2. The van der Waals surface area contributed by atoms with Crippen LogP contribution in [0.4, 0.5) is 0 Å². The van der Waals surface area contributed by atoms with Gasteiger partial charge in [0, 0.05) is 24.5 Å². The highest BCUT2D eigenvalue weighted by molar-refractivity contribution is 5.96. The molecule has 2 aliphatic rings. The molecule has 0 aromatic carbocycles. The molecule has 1 amide bonds. The Labute approximate surface area is 129 Å². The minimum Gasteiger partial charge on any atom is -0.462 e. The molecule has 2 saturated heterocycles. The van der Waals surface area contributed by atoms with Crippen molar-refractivity contribution < 1.29 is 9.21 Å². The quantitative estimate of drug-likeness (QED) is 0.944. The van der Waals surface area contributed by atoms with Crippen molar-refractivity contribution >= 4 is 16.9 Å². The first kappa shape index (κ1) is 13.8. The number of nitrogens with one attached hydrogen (secondary N) is 1. The fourth-order valence-corrected chi connectivity index (χ4v) is 3.81. The van der Waals surface area contributed by atoms with Gasteiger partial charge in [-0.25, -0.2) is 4.98 Å². The summed E-state index contributed by atoms with van der Waals surface area (Å²) in [5, 5.41) is 4.15. The number of carbonyl (C=O) groups excluding carboxylic acids is 1. The summed E-state index contributed by atoms with van der Waals surface area (Å²) >= 11 is 0. The standard InChI is InChI=1S/C17H21N3O2/c1-2-12-10-22-16-7-18-15(6-14(12)16)17(21)19-13-5-11-3-4-20(8-11)9-13/h6-7,10-11,13H,2-5,8-9H2,1H3,(H,19,21)/t11?,13-/m1/s1. The summed E-state index contributed by atoms with van der Waals surface area (Å²) in [6.45, 7) is 5.43. The second-order valence-corrected chi connectivity index (χ2v) is 6.50. The fraction of sp³-hybridized carbons (Fsp3) is 0.529. The first-order valence-electron chi connectivity index (χ1n) is 8.12. The Morgan fingerprint density at radius 1 is 1.50 bits per heavy atom. The Hall–Kier alpha value is -1.88. The van der Waals surface area contributed by atoms with E-state index in [4.69, 9.17) is 4.42 Å². The molecule has 2 fully saturated rings. The van der Waals surface area contributed by atoms with Crippen LogP contribution in [0.2, 0.25) is 0 Å². The summed E-state index contributed by atoms with van der Waals surface area (Å²) < 4.78 is 5.46. The van der Waals surface area contributed by atoms with Gasteiger partial charge in [-0.1, -0.05) is 6.92 Å². The molecule has 3 atom stereocenters. The molecule has 0 spiro atoms. The van der Waals surface area contributed by atoms with Crippen LogP contribution >= 0.6 is 0 Å². The van der Waals surface area contributed by atoms with Crippen LogP contribution in [-0.2, 0) is 6.42 Å². The molecule has 5 heteroatoms. The molecule has 2 aliphatic heterocycles. The van der Waals surface area contributed by atoms with E-state index in [-0.39, 0.29) is 11.9 Å². The highest BCUT2D eigenvalue weighted by atomic mass is 16.3. The number of aromatic nitrogens is 1. The summed E-state index contributed by atoms with van der Waals surface area (Å²) in [7, 11) is 0. The van der Waals surface area contributed by atoms with Gasteiger partial charge in [0.25, 0.3) is 5.91 Å². The summed E-state index contributed by atoms with van der Waals surface area (Å²) in [6, 6.07) is 2.10. The largest absolute Gasteiger partial charge is 0.462 e. The maximum atomic E-state index is 12.5. The van der Waals surface area contributed by atoms with Crippen LogP contribution in [0.1, 0.15) is 35.8 Å². The Balaban J connectivity index is 1.52. The van der Waals surface area contributed by atoms with Gasteiger partial charge in [-0.05, 0) is 43.4 Å². The van der Waals surface area contributed by atoms with Crippen molar-refractivity contribution in [2.45, 2.75) is 32.2 Å². The van der Waals surface area contributed by atoms with Crippen LogP contribution in [0, 0.1) is 5.92 Å². The van der Waals surface area contributed by atoms with Gasteiger partial charge in [-0.15, -0.1) is 0 Å². The minimum atomic E-state index is -0.0716. The third kappa shape index (κ3) is 2.39. The molecule has 2 unspecified atom stereocenters. The SMILES string of the molecule is CCc1coc2cnc(C(=O)N[C@@H]3CC4CCN(C4)C3)cc12. The average molecular weight is 299 g/mol. The number of carbonyl (C=O) groups is 1. The summed E-state index contributed by atoms with van der Waals surface area (Å²) in [5.41, 5.74) is 2.35. The molecule has 22 heavy (non-hydrogen) atoms. The van der Waals surface area contributed by atoms with Crippen molar-refractivity contribution in [3.05, 3.63) is 29.8 Å². The van der Waals surface area contributed by atoms with Crippen molar-refractivity contribution in [2.24, 2.45) is 5.92 Å². The lowest BCUT2D eigenvalue weighted by Gasteiger charge is -2.30. The molecule has 4 heterocycles. The van der Waals surface area contributed by atoms with Gasteiger partial charge in [0.15, 0.2) is 5.58 Å². The van der Waals surface area contributed by atoms with E-state index in [0.717, 1.165) is 41.8 Å².